The lowest BCUT2D eigenvalue weighted by atomic mass is 10.1. The van der Waals surface area contributed by atoms with Gasteiger partial charge in [-0.1, -0.05) is 29.3 Å². The summed E-state index contributed by atoms with van der Waals surface area (Å²) in [6.45, 7) is 2.64. The lowest BCUT2D eigenvalue weighted by Crippen LogP contribution is -2.36. The van der Waals surface area contributed by atoms with E-state index in [1.807, 2.05) is 18.2 Å². The van der Waals surface area contributed by atoms with Gasteiger partial charge in [0.15, 0.2) is 11.5 Å². The van der Waals surface area contributed by atoms with E-state index in [1.165, 1.54) is 21.3 Å². The summed E-state index contributed by atoms with van der Waals surface area (Å²) in [7, 11) is 4.62. The first-order chi connectivity index (χ1) is 16.9. The van der Waals surface area contributed by atoms with Crippen LogP contribution in [-0.4, -0.2) is 58.4 Å². The van der Waals surface area contributed by atoms with Crippen molar-refractivity contribution in [1.82, 2.24) is 4.90 Å². The third-order valence-electron chi connectivity index (χ3n) is 6.05. The van der Waals surface area contributed by atoms with Crippen LogP contribution in [0.25, 0.3) is 6.08 Å². The largest absolute Gasteiger partial charge is 0.493 e. The molecule has 186 valence electrons. The summed E-state index contributed by atoms with van der Waals surface area (Å²) < 4.78 is 21.8. The van der Waals surface area contributed by atoms with Crippen LogP contribution < -0.4 is 19.5 Å². The van der Waals surface area contributed by atoms with Crippen molar-refractivity contribution in [1.29, 1.82) is 0 Å². The van der Waals surface area contributed by atoms with E-state index in [0.29, 0.717) is 65.7 Å². The maximum Gasteiger partial charge on any atom is 0.253 e. The van der Waals surface area contributed by atoms with Crippen molar-refractivity contribution < 1.29 is 23.7 Å². The predicted octanol–water partition coefficient (Wildman–Crippen LogP) is 5.42. The molecule has 1 aliphatic carbocycles. The van der Waals surface area contributed by atoms with Gasteiger partial charge in [0.05, 0.1) is 34.5 Å². The van der Waals surface area contributed by atoms with Crippen LogP contribution in [0.4, 0.5) is 5.69 Å². The van der Waals surface area contributed by atoms with Gasteiger partial charge >= 0.3 is 0 Å². The quantitative estimate of drug-likeness (QED) is 0.527. The molecule has 1 N–H and O–H groups in total. The number of rotatable bonds is 7. The van der Waals surface area contributed by atoms with E-state index in [0.717, 1.165) is 28.8 Å². The minimum atomic E-state index is -0.175. The van der Waals surface area contributed by atoms with Gasteiger partial charge in [-0.05, 0) is 42.2 Å². The number of nitrogens with zero attached hydrogens (tertiary/aromatic N) is 1. The van der Waals surface area contributed by atoms with Gasteiger partial charge in [0.2, 0.25) is 5.75 Å². The zero-order valence-electron chi connectivity index (χ0n) is 20.0. The highest BCUT2D eigenvalue weighted by Crippen LogP contribution is 2.41. The molecule has 1 fully saturated rings. The Balaban J connectivity index is 1.70. The molecule has 1 amide bonds. The van der Waals surface area contributed by atoms with E-state index in [1.54, 1.807) is 18.2 Å². The molecule has 0 radical (unpaired) electrons. The summed E-state index contributed by atoms with van der Waals surface area (Å²) in [4.78, 5) is 15.7. The molecule has 7 nitrogen and oxygen atoms in total. The second-order valence-electron chi connectivity index (χ2n) is 8.13. The van der Waals surface area contributed by atoms with Crippen LogP contribution >= 0.6 is 23.2 Å². The van der Waals surface area contributed by atoms with Gasteiger partial charge in [0.1, 0.15) is 0 Å². The Kier molecular flexibility index (Phi) is 8.11. The first kappa shape index (κ1) is 25.2. The summed E-state index contributed by atoms with van der Waals surface area (Å²) >= 11 is 12.5. The third-order valence-corrected chi connectivity index (χ3v) is 6.61. The second-order valence-corrected chi connectivity index (χ2v) is 8.97. The van der Waals surface area contributed by atoms with Crippen molar-refractivity contribution >= 4 is 40.9 Å². The first-order valence-electron chi connectivity index (χ1n) is 11.3. The van der Waals surface area contributed by atoms with Crippen LogP contribution in [0.1, 0.15) is 18.4 Å². The number of halogens is 2. The molecular weight excluding hydrogens is 491 g/mol. The van der Waals surface area contributed by atoms with Gasteiger partial charge in [-0.25, -0.2) is 0 Å². The number of carbonyl (C=O) groups is 1. The number of amides is 1. The number of nitrogens with one attached hydrogen (secondary N) is 1. The van der Waals surface area contributed by atoms with Crippen molar-refractivity contribution in [2.75, 3.05) is 52.9 Å². The zero-order valence-corrected chi connectivity index (χ0v) is 21.5. The lowest BCUT2D eigenvalue weighted by Gasteiger charge is -2.31. The number of morpholine rings is 1. The Labute approximate surface area is 215 Å². The summed E-state index contributed by atoms with van der Waals surface area (Å²) in [6.07, 6.45) is 3.38. The van der Waals surface area contributed by atoms with Gasteiger partial charge in [0, 0.05) is 52.2 Å². The topological polar surface area (TPSA) is 69.3 Å². The van der Waals surface area contributed by atoms with Gasteiger partial charge < -0.3 is 29.2 Å². The van der Waals surface area contributed by atoms with Gasteiger partial charge in [0.25, 0.3) is 5.91 Å². The molecule has 35 heavy (non-hydrogen) atoms. The minimum Gasteiger partial charge on any atom is -0.493 e. The van der Waals surface area contributed by atoms with Gasteiger partial charge in [-0.15, -0.1) is 0 Å². The highest BCUT2D eigenvalue weighted by atomic mass is 35.5. The second kappa shape index (κ2) is 11.2. The van der Waals surface area contributed by atoms with Crippen molar-refractivity contribution in [3.8, 4) is 17.2 Å². The van der Waals surface area contributed by atoms with Crippen LogP contribution in [0.15, 0.2) is 47.2 Å². The molecule has 1 aliphatic heterocycles. The molecule has 4 rings (SSSR count). The summed E-state index contributed by atoms with van der Waals surface area (Å²) in [5.74, 6) is 1.22. The van der Waals surface area contributed by atoms with E-state index >= 15 is 0 Å². The van der Waals surface area contributed by atoms with Crippen molar-refractivity contribution in [2.45, 2.75) is 12.8 Å². The number of benzene rings is 2. The Morgan fingerprint density at radius 3 is 2.29 bits per heavy atom. The Hall–Kier alpha value is -2.87. The average molecular weight is 519 g/mol. The third kappa shape index (κ3) is 5.53. The molecule has 0 spiro atoms. The van der Waals surface area contributed by atoms with Crippen molar-refractivity contribution in [3.63, 3.8) is 0 Å². The van der Waals surface area contributed by atoms with Crippen LogP contribution in [0.2, 0.25) is 10.0 Å². The van der Waals surface area contributed by atoms with Crippen LogP contribution in [0.3, 0.4) is 0 Å². The number of ether oxygens (including phenoxy) is 4. The van der Waals surface area contributed by atoms with E-state index in [-0.39, 0.29) is 5.91 Å². The van der Waals surface area contributed by atoms with Crippen LogP contribution in [-0.2, 0) is 9.53 Å². The highest BCUT2D eigenvalue weighted by molar-refractivity contribution is 6.35. The number of anilines is 1. The van der Waals surface area contributed by atoms with E-state index in [2.05, 4.69) is 10.2 Å². The average Bonchev–Trinajstić information content (AvgIpc) is 3.29. The lowest BCUT2D eigenvalue weighted by molar-refractivity contribution is -0.113. The summed E-state index contributed by atoms with van der Waals surface area (Å²) in [5, 5.41) is 4.17. The number of hydrogen-bond acceptors (Lipinski definition) is 6. The molecular formula is C26H28Cl2N2O5. The zero-order chi connectivity index (χ0) is 24.9. The normalized spacial score (nSPS) is 17.1. The molecule has 0 bridgehead atoms. The molecule has 2 aliphatic rings. The molecule has 9 heteroatoms. The number of carbonyl (C=O) groups excluding carboxylic acids is 1. The Morgan fingerprint density at radius 2 is 1.69 bits per heavy atom. The van der Waals surface area contributed by atoms with E-state index in [9.17, 15) is 4.79 Å². The summed E-state index contributed by atoms with van der Waals surface area (Å²) in [5.41, 5.74) is 4.13. The molecule has 0 unspecified atom stereocenters. The van der Waals surface area contributed by atoms with E-state index in [4.69, 9.17) is 42.1 Å². The Bertz CT molecular complexity index is 1150. The minimum absolute atomic E-state index is 0.175. The SMILES string of the molecule is COc1cc(NC(=O)C2=C(N3CCOCC3)/C(=C/c3ccc(Cl)cc3Cl)CC2)cc(OC)c1OC. The maximum absolute atomic E-state index is 13.5. The van der Waals surface area contributed by atoms with E-state index < -0.39 is 0 Å². The van der Waals surface area contributed by atoms with Crippen molar-refractivity contribution in [3.05, 3.63) is 62.8 Å². The molecule has 0 atom stereocenters. The number of allylic oxidation sites excluding steroid dienone is 1. The maximum atomic E-state index is 13.5. The fraction of sp³-hybridized carbons (Fsp3) is 0.346. The van der Waals surface area contributed by atoms with Gasteiger partial charge in [-0.2, -0.15) is 0 Å². The monoisotopic (exact) mass is 518 g/mol. The van der Waals surface area contributed by atoms with Gasteiger partial charge in [-0.3, -0.25) is 4.79 Å². The molecule has 0 saturated carbocycles. The number of methoxy groups -OCH3 is 3. The molecule has 2 aromatic carbocycles. The molecule has 1 heterocycles. The smallest absolute Gasteiger partial charge is 0.253 e. The molecule has 2 aromatic rings. The summed E-state index contributed by atoms with van der Waals surface area (Å²) in [6, 6.07) is 8.86. The van der Waals surface area contributed by atoms with Crippen LogP contribution in [0, 0.1) is 0 Å². The molecule has 0 aromatic heterocycles. The Morgan fingerprint density at radius 1 is 1.00 bits per heavy atom. The fourth-order valence-electron chi connectivity index (χ4n) is 4.40. The predicted molar refractivity (Wildman–Crippen MR) is 138 cm³/mol. The first-order valence-corrected chi connectivity index (χ1v) is 12.0. The van der Waals surface area contributed by atoms with Crippen LogP contribution in [0.5, 0.6) is 17.2 Å². The molecule has 1 saturated heterocycles. The fourth-order valence-corrected chi connectivity index (χ4v) is 4.86. The van der Waals surface area contributed by atoms with Crippen molar-refractivity contribution in [2.24, 2.45) is 0 Å². The highest BCUT2D eigenvalue weighted by Gasteiger charge is 2.30. The number of hydrogen-bond donors (Lipinski definition) is 1. The standard InChI is InChI=1S/C26H28Cl2N2O5/c1-32-22-14-19(15-23(33-2)25(22)34-3)29-26(31)20-7-5-17(24(20)30-8-10-35-11-9-30)12-16-4-6-18(27)13-21(16)28/h4,6,12-15H,5,7-11H2,1-3H3,(H,29,31)/b17-12+.